The molecular weight excluding hydrogens is 406 g/mol. The molecule has 5 aromatic rings. The van der Waals surface area contributed by atoms with Crippen molar-refractivity contribution in [1.82, 2.24) is 19.7 Å². The van der Waals surface area contributed by atoms with E-state index in [-0.39, 0.29) is 0 Å². The maximum Gasteiger partial charge on any atom is 0.137 e. The van der Waals surface area contributed by atoms with E-state index < -0.39 is 0 Å². The monoisotopic (exact) mass is 433 g/mol. The van der Waals surface area contributed by atoms with Gasteiger partial charge in [0.15, 0.2) is 0 Å². The summed E-state index contributed by atoms with van der Waals surface area (Å²) in [5.74, 6) is 0. The largest absolute Gasteiger partial charge is 0.369 e. The Balaban J connectivity index is 1.38. The molecule has 0 radical (unpaired) electrons. The predicted octanol–water partition coefficient (Wildman–Crippen LogP) is 5.24. The minimum absolute atomic E-state index is 0.948. The summed E-state index contributed by atoms with van der Waals surface area (Å²) >= 11 is 0. The van der Waals surface area contributed by atoms with Crippen LogP contribution in [-0.2, 0) is 0 Å². The van der Waals surface area contributed by atoms with E-state index in [4.69, 9.17) is 9.97 Å². The van der Waals surface area contributed by atoms with Crippen molar-refractivity contribution in [2.45, 2.75) is 13.8 Å². The van der Waals surface area contributed by atoms with Gasteiger partial charge in [-0.25, -0.2) is 4.98 Å². The summed E-state index contributed by atoms with van der Waals surface area (Å²) in [5, 5.41) is 4.58. The third-order valence-electron chi connectivity index (χ3n) is 6.64. The van der Waals surface area contributed by atoms with Crippen LogP contribution in [0.25, 0.3) is 38.9 Å². The minimum atomic E-state index is 0.948. The smallest absolute Gasteiger partial charge is 0.137 e. The highest BCUT2D eigenvalue weighted by Crippen LogP contribution is 2.32. The second kappa shape index (κ2) is 8.01. The first-order valence-corrected chi connectivity index (χ1v) is 11.6. The number of hydrogen-bond donors (Lipinski definition) is 1. The molecule has 1 aliphatic heterocycles. The number of piperazine rings is 1. The lowest BCUT2D eigenvalue weighted by atomic mass is 10.0. The molecule has 2 aromatic carbocycles. The van der Waals surface area contributed by atoms with Gasteiger partial charge in [0.25, 0.3) is 0 Å². The normalized spacial score (nSPS) is 14.3. The molecule has 1 N–H and O–H groups in total. The maximum absolute atomic E-state index is 4.78. The fraction of sp³-hybridized carbons (Fsp3) is 0.214. The van der Waals surface area contributed by atoms with E-state index in [1.165, 1.54) is 27.9 Å². The molecule has 6 rings (SSSR count). The van der Waals surface area contributed by atoms with Gasteiger partial charge in [0.2, 0.25) is 0 Å². The Morgan fingerprint density at radius 2 is 1.70 bits per heavy atom. The van der Waals surface area contributed by atoms with Gasteiger partial charge in [-0.2, -0.15) is 0 Å². The first-order chi connectivity index (χ1) is 16.2. The van der Waals surface area contributed by atoms with Gasteiger partial charge < -0.3 is 10.2 Å². The summed E-state index contributed by atoms with van der Waals surface area (Å²) in [5.41, 5.74) is 10.2. The highest BCUT2D eigenvalue weighted by atomic mass is 15.2. The van der Waals surface area contributed by atoms with Gasteiger partial charge in [-0.05, 0) is 60.9 Å². The zero-order valence-corrected chi connectivity index (χ0v) is 19.0. The number of aryl methyl sites for hydroxylation is 2. The Bertz CT molecular complexity index is 1460. The lowest BCUT2D eigenvalue weighted by Crippen LogP contribution is -2.43. The number of fused-ring (bicyclic) bond motifs is 2. The van der Waals surface area contributed by atoms with Gasteiger partial charge in [-0.1, -0.05) is 30.3 Å². The van der Waals surface area contributed by atoms with E-state index in [1.807, 2.05) is 6.20 Å². The van der Waals surface area contributed by atoms with Crippen LogP contribution in [0.5, 0.6) is 0 Å². The summed E-state index contributed by atoms with van der Waals surface area (Å²) in [4.78, 5) is 12.0. The molecule has 0 saturated carbocycles. The molecule has 1 aliphatic rings. The van der Waals surface area contributed by atoms with Crippen molar-refractivity contribution >= 4 is 22.2 Å². The molecule has 5 nitrogen and oxygen atoms in total. The van der Waals surface area contributed by atoms with Crippen LogP contribution in [0.4, 0.5) is 5.69 Å². The molecule has 0 bridgehead atoms. The van der Waals surface area contributed by atoms with Crippen LogP contribution in [0.15, 0.2) is 73.1 Å². The summed E-state index contributed by atoms with van der Waals surface area (Å²) < 4.78 is 2.18. The first-order valence-electron chi connectivity index (χ1n) is 11.6. The topological polar surface area (TPSA) is 45.5 Å². The number of nitrogens with one attached hydrogen (secondary N) is 1. The van der Waals surface area contributed by atoms with Crippen LogP contribution < -0.4 is 10.2 Å². The van der Waals surface area contributed by atoms with E-state index in [2.05, 4.69) is 95.3 Å². The van der Waals surface area contributed by atoms with Crippen molar-refractivity contribution in [2.75, 3.05) is 31.1 Å². The first kappa shape index (κ1) is 19.9. The number of hydrogen-bond acceptors (Lipinski definition) is 4. The zero-order valence-electron chi connectivity index (χ0n) is 19.0. The van der Waals surface area contributed by atoms with Gasteiger partial charge >= 0.3 is 0 Å². The molecule has 0 unspecified atom stereocenters. The Morgan fingerprint density at radius 3 is 2.52 bits per heavy atom. The van der Waals surface area contributed by atoms with Crippen molar-refractivity contribution in [3.05, 3.63) is 84.3 Å². The number of anilines is 1. The Morgan fingerprint density at radius 1 is 0.879 bits per heavy atom. The van der Waals surface area contributed by atoms with Crippen LogP contribution in [0.3, 0.4) is 0 Å². The maximum atomic E-state index is 4.78. The highest BCUT2D eigenvalue weighted by Gasteiger charge is 2.14. The molecule has 5 heteroatoms. The van der Waals surface area contributed by atoms with E-state index >= 15 is 0 Å². The van der Waals surface area contributed by atoms with Gasteiger partial charge in [-0.3, -0.25) is 9.38 Å². The van der Waals surface area contributed by atoms with Crippen molar-refractivity contribution in [1.29, 1.82) is 0 Å². The molecule has 3 aromatic heterocycles. The predicted molar refractivity (Wildman–Crippen MR) is 136 cm³/mol. The van der Waals surface area contributed by atoms with Gasteiger partial charge in [0.1, 0.15) is 5.65 Å². The quantitative estimate of drug-likeness (QED) is 0.423. The molecule has 0 amide bonds. The second-order valence-electron chi connectivity index (χ2n) is 8.85. The van der Waals surface area contributed by atoms with E-state index in [1.54, 1.807) is 0 Å². The van der Waals surface area contributed by atoms with Gasteiger partial charge in [-0.15, -0.1) is 0 Å². The van der Waals surface area contributed by atoms with Crippen molar-refractivity contribution in [3.63, 3.8) is 0 Å². The van der Waals surface area contributed by atoms with Crippen molar-refractivity contribution < 1.29 is 0 Å². The zero-order chi connectivity index (χ0) is 22.4. The average molecular weight is 434 g/mol. The fourth-order valence-corrected chi connectivity index (χ4v) is 4.88. The number of imidazole rings is 1. The molecule has 33 heavy (non-hydrogen) atoms. The molecule has 1 saturated heterocycles. The molecule has 164 valence electrons. The summed E-state index contributed by atoms with van der Waals surface area (Å²) in [7, 11) is 0. The SMILES string of the molecule is Cc1cc(-c2cnc3cc(-c4ccc(N5CCNCC5)cc4)ccn23)c2cccc(C)c2n1. The second-order valence-corrected chi connectivity index (χ2v) is 8.85. The van der Waals surface area contributed by atoms with E-state index in [0.29, 0.717) is 0 Å². The van der Waals surface area contributed by atoms with Crippen LogP contribution in [0.2, 0.25) is 0 Å². The number of nitrogens with zero attached hydrogens (tertiary/aromatic N) is 4. The van der Waals surface area contributed by atoms with E-state index in [9.17, 15) is 0 Å². The third-order valence-corrected chi connectivity index (χ3v) is 6.64. The van der Waals surface area contributed by atoms with Gasteiger partial charge in [0.05, 0.1) is 17.4 Å². The van der Waals surface area contributed by atoms with Crippen LogP contribution in [0.1, 0.15) is 11.3 Å². The van der Waals surface area contributed by atoms with Crippen molar-refractivity contribution in [3.8, 4) is 22.4 Å². The van der Waals surface area contributed by atoms with Gasteiger partial charge in [0, 0.05) is 54.7 Å². The molecule has 0 atom stereocenters. The van der Waals surface area contributed by atoms with Crippen LogP contribution in [0, 0.1) is 13.8 Å². The van der Waals surface area contributed by atoms with Crippen molar-refractivity contribution in [2.24, 2.45) is 0 Å². The number of aromatic nitrogens is 3. The molecule has 0 spiro atoms. The molecule has 4 heterocycles. The Kier molecular flexibility index (Phi) is 4.84. The lowest BCUT2D eigenvalue weighted by Gasteiger charge is -2.29. The number of rotatable bonds is 3. The highest BCUT2D eigenvalue weighted by molar-refractivity contribution is 5.95. The Hall–Kier alpha value is -3.70. The molecule has 0 aliphatic carbocycles. The summed E-state index contributed by atoms with van der Waals surface area (Å²) in [6.07, 6.45) is 4.11. The number of pyridine rings is 2. The lowest BCUT2D eigenvalue weighted by molar-refractivity contribution is 0.589. The molecular formula is C28H27N5. The minimum Gasteiger partial charge on any atom is -0.369 e. The Labute approximate surface area is 193 Å². The average Bonchev–Trinajstić information content (AvgIpc) is 3.28. The summed E-state index contributed by atoms with van der Waals surface area (Å²) in [6.45, 7) is 8.39. The summed E-state index contributed by atoms with van der Waals surface area (Å²) in [6, 6.07) is 21.8. The van der Waals surface area contributed by atoms with E-state index in [0.717, 1.165) is 54.1 Å². The number of para-hydroxylation sites is 1. The van der Waals surface area contributed by atoms with Crippen LogP contribution in [-0.4, -0.2) is 40.5 Å². The molecule has 1 fully saturated rings. The third kappa shape index (κ3) is 3.55. The standard InChI is InChI=1S/C28H27N5/c1-19-4-3-5-24-25(16-20(2)31-28(19)24)26-18-30-27-17-22(10-13-33(26)27)21-6-8-23(9-7-21)32-14-11-29-12-15-32/h3-10,13,16-18,29H,11-12,14-15H2,1-2H3. The fourth-order valence-electron chi connectivity index (χ4n) is 4.88. The van der Waals surface area contributed by atoms with Crippen LogP contribution >= 0.6 is 0 Å². The number of benzene rings is 2.